The van der Waals surface area contributed by atoms with E-state index >= 15 is 0 Å². The van der Waals surface area contributed by atoms with Gasteiger partial charge in [-0.15, -0.1) is 6.58 Å². The van der Waals surface area contributed by atoms with E-state index in [-0.39, 0.29) is 12.3 Å². The Morgan fingerprint density at radius 2 is 2.45 bits per heavy atom. The van der Waals surface area contributed by atoms with Crippen molar-refractivity contribution in [3.8, 4) is 6.07 Å². The standard InChI is InChI=1S/C15H15NO4/c1-3-10-7-15(9-16,14(18)19-2)13(11(10)8-17)12-5-4-6-20-12/h3-6,8,10-11,13H,1,7H2,2H3/t10-,11-,13-,15-/m0/s1. The van der Waals surface area contributed by atoms with Crippen molar-refractivity contribution in [3.05, 3.63) is 36.8 Å². The van der Waals surface area contributed by atoms with Gasteiger partial charge in [0.25, 0.3) is 0 Å². The number of nitriles is 1. The minimum absolute atomic E-state index is 0.203. The van der Waals surface area contributed by atoms with E-state index in [2.05, 4.69) is 12.6 Å². The van der Waals surface area contributed by atoms with Crippen molar-refractivity contribution < 1.29 is 18.7 Å². The van der Waals surface area contributed by atoms with Gasteiger partial charge in [-0.2, -0.15) is 5.26 Å². The van der Waals surface area contributed by atoms with Crippen LogP contribution in [0.5, 0.6) is 0 Å². The molecular formula is C15H15NO4. The predicted octanol–water partition coefficient (Wildman–Crippen LogP) is 2.07. The minimum atomic E-state index is -1.42. The van der Waals surface area contributed by atoms with E-state index in [1.165, 1.54) is 13.4 Å². The fourth-order valence-corrected chi connectivity index (χ4v) is 3.08. The maximum absolute atomic E-state index is 12.2. The molecule has 0 N–H and O–H groups in total. The van der Waals surface area contributed by atoms with Gasteiger partial charge < -0.3 is 13.9 Å². The maximum Gasteiger partial charge on any atom is 0.327 e. The molecule has 1 aromatic rings. The Bertz CT molecular complexity index is 557. The first-order valence-electron chi connectivity index (χ1n) is 6.25. The largest absolute Gasteiger partial charge is 0.469 e. The third-order valence-electron chi connectivity index (χ3n) is 4.03. The number of furan rings is 1. The molecule has 1 heterocycles. The smallest absolute Gasteiger partial charge is 0.327 e. The van der Waals surface area contributed by atoms with Crippen LogP contribution in [0.25, 0.3) is 0 Å². The molecule has 0 bridgehead atoms. The van der Waals surface area contributed by atoms with E-state index in [0.717, 1.165) is 6.29 Å². The van der Waals surface area contributed by atoms with Crippen LogP contribution in [-0.4, -0.2) is 19.4 Å². The van der Waals surface area contributed by atoms with Gasteiger partial charge in [0.05, 0.1) is 25.4 Å². The van der Waals surface area contributed by atoms with Gasteiger partial charge in [0.15, 0.2) is 5.41 Å². The van der Waals surface area contributed by atoms with Gasteiger partial charge in [0.2, 0.25) is 0 Å². The zero-order chi connectivity index (χ0) is 14.8. The summed E-state index contributed by atoms with van der Waals surface area (Å²) in [6, 6.07) is 5.39. The summed E-state index contributed by atoms with van der Waals surface area (Å²) < 4.78 is 10.1. The molecule has 1 aromatic heterocycles. The molecule has 1 fully saturated rings. The van der Waals surface area contributed by atoms with E-state index < -0.39 is 23.2 Å². The van der Waals surface area contributed by atoms with Crippen molar-refractivity contribution in [1.29, 1.82) is 5.26 Å². The van der Waals surface area contributed by atoms with Crippen LogP contribution in [0.3, 0.4) is 0 Å². The molecule has 20 heavy (non-hydrogen) atoms. The number of aldehydes is 1. The van der Waals surface area contributed by atoms with Crippen LogP contribution in [0.15, 0.2) is 35.5 Å². The van der Waals surface area contributed by atoms with Gasteiger partial charge in [-0.1, -0.05) is 6.08 Å². The molecule has 104 valence electrons. The van der Waals surface area contributed by atoms with Crippen LogP contribution in [0, 0.1) is 28.6 Å². The van der Waals surface area contributed by atoms with Crippen LogP contribution < -0.4 is 0 Å². The molecule has 1 aliphatic carbocycles. The summed E-state index contributed by atoms with van der Waals surface area (Å²) in [7, 11) is 1.23. The van der Waals surface area contributed by atoms with E-state index in [1.807, 2.05) is 0 Å². The lowest BCUT2D eigenvalue weighted by atomic mass is 9.75. The average Bonchev–Trinajstić information content (AvgIpc) is 3.10. The maximum atomic E-state index is 12.2. The second-order valence-electron chi connectivity index (χ2n) is 4.88. The number of hydrogen-bond acceptors (Lipinski definition) is 5. The van der Waals surface area contributed by atoms with E-state index in [1.54, 1.807) is 18.2 Å². The van der Waals surface area contributed by atoms with Gasteiger partial charge in [-0.3, -0.25) is 4.79 Å². The monoisotopic (exact) mass is 273 g/mol. The molecule has 0 aliphatic heterocycles. The van der Waals surface area contributed by atoms with Gasteiger partial charge in [0.1, 0.15) is 12.0 Å². The Labute approximate surface area is 116 Å². The summed E-state index contributed by atoms with van der Waals surface area (Å²) >= 11 is 0. The van der Waals surface area contributed by atoms with E-state index in [4.69, 9.17) is 9.15 Å². The predicted molar refractivity (Wildman–Crippen MR) is 69.4 cm³/mol. The second-order valence-corrected chi connectivity index (χ2v) is 4.88. The Morgan fingerprint density at radius 3 is 2.90 bits per heavy atom. The van der Waals surface area contributed by atoms with Gasteiger partial charge in [-0.25, -0.2) is 0 Å². The summed E-state index contributed by atoms with van der Waals surface area (Å²) in [5, 5.41) is 9.57. The van der Waals surface area contributed by atoms with Crippen molar-refractivity contribution in [2.75, 3.05) is 7.11 Å². The summed E-state index contributed by atoms with van der Waals surface area (Å²) in [6.07, 6.45) is 4.03. The number of carbonyl (C=O) groups excluding carboxylic acids is 2. The first kappa shape index (κ1) is 14.1. The topological polar surface area (TPSA) is 80.3 Å². The molecule has 0 amide bonds. The summed E-state index contributed by atoms with van der Waals surface area (Å²) in [5.74, 6) is -1.65. The molecule has 5 heteroatoms. The minimum Gasteiger partial charge on any atom is -0.469 e. The molecule has 0 unspecified atom stereocenters. The van der Waals surface area contributed by atoms with Gasteiger partial charge >= 0.3 is 5.97 Å². The summed E-state index contributed by atoms with van der Waals surface area (Å²) in [6.45, 7) is 3.69. The number of allylic oxidation sites excluding steroid dienone is 1. The van der Waals surface area contributed by atoms with Crippen molar-refractivity contribution in [2.24, 2.45) is 17.3 Å². The Kier molecular flexibility index (Phi) is 3.75. The zero-order valence-electron chi connectivity index (χ0n) is 11.1. The highest BCUT2D eigenvalue weighted by molar-refractivity contribution is 5.83. The quantitative estimate of drug-likeness (QED) is 0.476. The Morgan fingerprint density at radius 1 is 1.70 bits per heavy atom. The van der Waals surface area contributed by atoms with Crippen LogP contribution in [-0.2, 0) is 14.3 Å². The number of nitrogens with zero attached hydrogens (tertiary/aromatic N) is 1. The van der Waals surface area contributed by atoms with Crippen molar-refractivity contribution >= 4 is 12.3 Å². The molecule has 4 atom stereocenters. The molecule has 0 aromatic carbocycles. The second kappa shape index (κ2) is 5.33. The van der Waals surface area contributed by atoms with Crippen LogP contribution in [0.4, 0.5) is 0 Å². The lowest BCUT2D eigenvalue weighted by Gasteiger charge is -2.25. The highest BCUT2D eigenvalue weighted by atomic mass is 16.5. The van der Waals surface area contributed by atoms with E-state index in [9.17, 15) is 14.9 Å². The molecule has 1 aliphatic rings. The Balaban J connectivity index is 2.59. The lowest BCUT2D eigenvalue weighted by Crippen LogP contribution is -2.35. The molecule has 0 spiro atoms. The highest BCUT2D eigenvalue weighted by Gasteiger charge is 2.60. The number of carbonyl (C=O) groups is 2. The molecule has 5 nitrogen and oxygen atoms in total. The van der Waals surface area contributed by atoms with Crippen molar-refractivity contribution in [1.82, 2.24) is 0 Å². The van der Waals surface area contributed by atoms with Crippen LogP contribution in [0.2, 0.25) is 0 Å². The molecule has 0 saturated heterocycles. The van der Waals surface area contributed by atoms with Crippen molar-refractivity contribution in [2.45, 2.75) is 12.3 Å². The number of ether oxygens (including phenoxy) is 1. The fraction of sp³-hybridized carbons (Fsp3) is 0.400. The zero-order valence-corrected chi connectivity index (χ0v) is 11.1. The van der Waals surface area contributed by atoms with Crippen LogP contribution in [0.1, 0.15) is 18.1 Å². The number of methoxy groups -OCH3 is 1. The average molecular weight is 273 g/mol. The first-order chi connectivity index (χ1) is 9.64. The first-order valence-corrected chi connectivity index (χ1v) is 6.25. The number of hydrogen-bond donors (Lipinski definition) is 0. The molecule has 0 radical (unpaired) electrons. The van der Waals surface area contributed by atoms with Gasteiger partial charge in [-0.05, 0) is 24.5 Å². The third-order valence-corrected chi connectivity index (χ3v) is 4.03. The number of rotatable bonds is 4. The Hall–Kier alpha value is -2.35. The molecule has 2 rings (SSSR count). The fourth-order valence-electron chi connectivity index (χ4n) is 3.08. The van der Waals surface area contributed by atoms with Crippen molar-refractivity contribution in [3.63, 3.8) is 0 Å². The van der Waals surface area contributed by atoms with Gasteiger partial charge in [0, 0.05) is 5.92 Å². The highest BCUT2D eigenvalue weighted by Crippen LogP contribution is 2.55. The van der Waals surface area contributed by atoms with Crippen LogP contribution >= 0.6 is 0 Å². The third kappa shape index (κ3) is 1.85. The number of esters is 1. The summed E-state index contributed by atoms with van der Waals surface area (Å²) in [5.41, 5.74) is -1.42. The molecule has 1 saturated carbocycles. The van der Waals surface area contributed by atoms with E-state index in [0.29, 0.717) is 5.76 Å². The SMILES string of the molecule is C=C[C@H]1C[C@@](C#N)(C(=O)OC)[C@H](c2ccco2)[C@H]1C=O. The molecular weight excluding hydrogens is 258 g/mol. The summed E-state index contributed by atoms with van der Waals surface area (Å²) in [4.78, 5) is 23.6. The lowest BCUT2D eigenvalue weighted by molar-refractivity contribution is -0.150. The normalized spacial score (nSPS) is 32.3.